The van der Waals surface area contributed by atoms with Crippen LogP contribution in [0.5, 0.6) is 11.5 Å². The largest absolute Gasteiger partial charge is 0.497 e. The van der Waals surface area contributed by atoms with Gasteiger partial charge in [0.25, 0.3) is 0 Å². The molecule has 0 fully saturated rings. The van der Waals surface area contributed by atoms with Gasteiger partial charge in [-0.2, -0.15) is 0 Å². The lowest BCUT2D eigenvalue weighted by Crippen LogP contribution is -2.26. The van der Waals surface area contributed by atoms with Crippen LogP contribution in [0.15, 0.2) is 30.9 Å². The molecule has 1 aromatic rings. The zero-order valence-corrected chi connectivity index (χ0v) is 8.54. The molecular formula is C12H14O2. The van der Waals surface area contributed by atoms with Gasteiger partial charge >= 0.3 is 0 Å². The minimum atomic E-state index is -0.255. The summed E-state index contributed by atoms with van der Waals surface area (Å²) >= 11 is 0. The molecule has 1 atom stereocenters. The van der Waals surface area contributed by atoms with E-state index in [2.05, 4.69) is 6.58 Å². The molecule has 2 rings (SSSR count). The van der Waals surface area contributed by atoms with Crippen LogP contribution in [0.3, 0.4) is 0 Å². The lowest BCUT2D eigenvalue weighted by Gasteiger charge is -2.18. The molecule has 0 aromatic heterocycles. The van der Waals surface area contributed by atoms with E-state index in [4.69, 9.17) is 9.47 Å². The standard InChI is InChI=1S/C12H14O2/c1-4-12(2)8-9-7-10(13-3)5-6-11(9)14-12/h4-7H,1,8H2,2-3H3. The normalized spacial score (nSPS) is 23.9. The van der Waals surface area contributed by atoms with E-state index in [9.17, 15) is 0 Å². The average molecular weight is 190 g/mol. The van der Waals surface area contributed by atoms with E-state index in [-0.39, 0.29) is 5.60 Å². The zero-order valence-electron chi connectivity index (χ0n) is 8.54. The summed E-state index contributed by atoms with van der Waals surface area (Å²) in [5, 5.41) is 0. The lowest BCUT2D eigenvalue weighted by atomic mass is 10.00. The van der Waals surface area contributed by atoms with Crippen molar-refractivity contribution < 1.29 is 9.47 Å². The van der Waals surface area contributed by atoms with E-state index in [1.807, 2.05) is 31.2 Å². The van der Waals surface area contributed by atoms with E-state index < -0.39 is 0 Å². The number of hydrogen-bond acceptors (Lipinski definition) is 2. The Morgan fingerprint density at radius 2 is 2.36 bits per heavy atom. The third-order valence-electron chi connectivity index (χ3n) is 2.58. The van der Waals surface area contributed by atoms with Crippen molar-refractivity contribution in [1.82, 2.24) is 0 Å². The average Bonchev–Trinajstić information content (AvgIpc) is 2.54. The van der Waals surface area contributed by atoms with Crippen LogP contribution in [-0.4, -0.2) is 12.7 Å². The van der Waals surface area contributed by atoms with Gasteiger partial charge in [0, 0.05) is 12.0 Å². The van der Waals surface area contributed by atoms with Gasteiger partial charge in [0.15, 0.2) is 0 Å². The molecule has 0 radical (unpaired) electrons. The maximum absolute atomic E-state index is 5.77. The van der Waals surface area contributed by atoms with E-state index >= 15 is 0 Å². The summed E-state index contributed by atoms with van der Waals surface area (Å²) in [5.41, 5.74) is 0.932. The summed E-state index contributed by atoms with van der Waals surface area (Å²) in [5.74, 6) is 1.81. The van der Waals surface area contributed by atoms with Crippen molar-refractivity contribution in [2.45, 2.75) is 18.9 Å². The van der Waals surface area contributed by atoms with Gasteiger partial charge in [0.1, 0.15) is 17.1 Å². The van der Waals surface area contributed by atoms with Crippen LogP contribution in [0.4, 0.5) is 0 Å². The second-order valence-electron chi connectivity index (χ2n) is 3.77. The number of rotatable bonds is 2. The van der Waals surface area contributed by atoms with Crippen LogP contribution < -0.4 is 9.47 Å². The molecule has 0 saturated carbocycles. The molecule has 0 saturated heterocycles. The highest BCUT2D eigenvalue weighted by atomic mass is 16.5. The second-order valence-corrected chi connectivity index (χ2v) is 3.77. The molecule has 1 heterocycles. The maximum atomic E-state index is 5.77. The fraction of sp³-hybridized carbons (Fsp3) is 0.333. The molecule has 0 N–H and O–H groups in total. The minimum Gasteiger partial charge on any atom is -0.497 e. The second kappa shape index (κ2) is 3.05. The summed E-state index contributed by atoms with van der Waals surface area (Å²) in [6.45, 7) is 5.82. The Morgan fingerprint density at radius 3 is 3.00 bits per heavy atom. The molecule has 0 bridgehead atoms. The minimum absolute atomic E-state index is 0.255. The van der Waals surface area contributed by atoms with Crippen LogP contribution in [0, 0.1) is 0 Å². The Balaban J connectivity index is 2.35. The summed E-state index contributed by atoms with van der Waals surface area (Å²) in [4.78, 5) is 0. The lowest BCUT2D eigenvalue weighted by molar-refractivity contribution is 0.171. The topological polar surface area (TPSA) is 18.5 Å². The maximum Gasteiger partial charge on any atom is 0.128 e. The molecule has 1 aliphatic heterocycles. The fourth-order valence-corrected chi connectivity index (χ4v) is 1.70. The predicted octanol–water partition coefficient (Wildman–Crippen LogP) is 2.57. The van der Waals surface area contributed by atoms with Gasteiger partial charge in [-0.25, -0.2) is 0 Å². The Labute approximate surface area is 84.2 Å². The van der Waals surface area contributed by atoms with Gasteiger partial charge in [-0.15, -0.1) is 0 Å². The van der Waals surface area contributed by atoms with Crippen molar-refractivity contribution in [2.75, 3.05) is 7.11 Å². The highest BCUT2D eigenvalue weighted by Crippen LogP contribution is 2.37. The first-order valence-electron chi connectivity index (χ1n) is 4.66. The summed E-state index contributed by atoms with van der Waals surface area (Å²) in [6.07, 6.45) is 2.71. The number of hydrogen-bond donors (Lipinski definition) is 0. The first-order valence-corrected chi connectivity index (χ1v) is 4.66. The Bertz CT molecular complexity index is 371. The van der Waals surface area contributed by atoms with Crippen LogP contribution in [-0.2, 0) is 6.42 Å². The van der Waals surface area contributed by atoms with Gasteiger partial charge in [-0.05, 0) is 31.2 Å². The first kappa shape index (κ1) is 9.13. The molecule has 1 unspecified atom stereocenters. The molecule has 14 heavy (non-hydrogen) atoms. The summed E-state index contributed by atoms with van der Waals surface area (Å²) < 4.78 is 10.9. The van der Waals surface area contributed by atoms with Crippen LogP contribution in [0.2, 0.25) is 0 Å². The van der Waals surface area contributed by atoms with Crippen LogP contribution in [0.25, 0.3) is 0 Å². The van der Waals surface area contributed by atoms with Gasteiger partial charge < -0.3 is 9.47 Å². The fourth-order valence-electron chi connectivity index (χ4n) is 1.70. The van der Waals surface area contributed by atoms with E-state index in [1.165, 1.54) is 5.56 Å². The van der Waals surface area contributed by atoms with Crippen molar-refractivity contribution in [3.05, 3.63) is 36.4 Å². The van der Waals surface area contributed by atoms with E-state index in [1.54, 1.807) is 7.11 Å². The molecule has 1 aromatic carbocycles. The van der Waals surface area contributed by atoms with Crippen LogP contribution in [0.1, 0.15) is 12.5 Å². The molecule has 74 valence electrons. The quantitative estimate of drug-likeness (QED) is 0.667. The molecule has 0 amide bonds. The molecule has 0 spiro atoms. The molecule has 2 heteroatoms. The third-order valence-corrected chi connectivity index (χ3v) is 2.58. The Morgan fingerprint density at radius 1 is 1.57 bits per heavy atom. The van der Waals surface area contributed by atoms with Crippen molar-refractivity contribution in [3.63, 3.8) is 0 Å². The number of methoxy groups -OCH3 is 1. The molecule has 0 aliphatic carbocycles. The van der Waals surface area contributed by atoms with E-state index in [0.29, 0.717) is 0 Å². The smallest absolute Gasteiger partial charge is 0.128 e. The first-order chi connectivity index (χ1) is 6.67. The van der Waals surface area contributed by atoms with Crippen molar-refractivity contribution >= 4 is 0 Å². The Kier molecular flexibility index (Phi) is 1.99. The van der Waals surface area contributed by atoms with Gasteiger partial charge in [-0.3, -0.25) is 0 Å². The zero-order chi connectivity index (χ0) is 10.2. The predicted molar refractivity (Wildman–Crippen MR) is 55.9 cm³/mol. The monoisotopic (exact) mass is 190 g/mol. The van der Waals surface area contributed by atoms with Gasteiger partial charge in [0.05, 0.1) is 7.11 Å². The van der Waals surface area contributed by atoms with E-state index in [0.717, 1.165) is 17.9 Å². The third kappa shape index (κ3) is 1.37. The highest BCUT2D eigenvalue weighted by molar-refractivity contribution is 5.45. The SMILES string of the molecule is C=CC1(C)Cc2cc(OC)ccc2O1. The number of ether oxygens (including phenoxy) is 2. The van der Waals surface area contributed by atoms with Crippen LogP contribution >= 0.6 is 0 Å². The van der Waals surface area contributed by atoms with Crippen molar-refractivity contribution in [2.24, 2.45) is 0 Å². The molecule has 2 nitrogen and oxygen atoms in total. The molecular weight excluding hydrogens is 176 g/mol. The Hall–Kier alpha value is -1.44. The summed E-state index contributed by atoms with van der Waals surface area (Å²) in [7, 11) is 1.67. The van der Waals surface area contributed by atoms with Crippen molar-refractivity contribution in [1.29, 1.82) is 0 Å². The van der Waals surface area contributed by atoms with Gasteiger partial charge in [0.2, 0.25) is 0 Å². The highest BCUT2D eigenvalue weighted by Gasteiger charge is 2.31. The number of fused-ring (bicyclic) bond motifs is 1. The van der Waals surface area contributed by atoms with Crippen molar-refractivity contribution in [3.8, 4) is 11.5 Å². The summed E-state index contributed by atoms with van der Waals surface area (Å²) in [6, 6.07) is 5.88. The molecule has 1 aliphatic rings. The van der Waals surface area contributed by atoms with Gasteiger partial charge in [-0.1, -0.05) is 6.58 Å². The number of benzene rings is 1.